The number of pyridine rings is 1. The first-order chi connectivity index (χ1) is 9.61. The van der Waals surface area contributed by atoms with Crippen LogP contribution in [-0.2, 0) is 4.74 Å². The van der Waals surface area contributed by atoms with Crippen LogP contribution in [0.5, 0.6) is 0 Å². The van der Waals surface area contributed by atoms with Crippen LogP contribution in [0.3, 0.4) is 0 Å². The van der Waals surface area contributed by atoms with Crippen molar-refractivity contribution in [3.63, 3.8) is 0 Å². The maximum Gasteiger partial charge on any atom is 0.338 e. The highest BCUT2D eigenvalue weighted by Crippen LogP contribution is 2.21. The van der Waals surface area contributed by atoms with E-state index in [2.05, 4.69) is 4.98 Å². The van der Waals surface area contributed by atoms with Crippen LogP contribution in [0.25, 0.3) is 11.6 Å². The van der Waals surface area contributed by atoms with E-state index in [1.807, 2.05) is 37.3 Å². The number of methoxy groups -OCH3 is 1. The number of hydrogen-bond donors (Lipinski definition) is 0. The third-order valence-corrected chi connectivity index (χ3v) is 3.18. The SMILES string of the molecule is COC(=O)c1ccncc1/C=C(\C)c1ccc(Cl)cc1. The second-order valence-corrected chi connectivity index (χ2v) is 4.73. The number of esters is 1. The maximum atomic E-state index is 11.7. The summed E-state index contributed by atoms with van der Waals surface area (Å²) in [6.45, 7) is 1.97. The Bertz CT molecular complexity index is 648. The second kappa shape index (κ2) is 6.35. The molecule has 2 aromatic rings. The predicted molar refractivity (Wildman–Crippen MR) is 80.6 cm³/mol. The van der Waals surface area contributed by atoms with Crippen molar-refractivity contribution in [1.82, 2.24) is 4.98 Å². The molecule has 0 N–H and O–H groups in total. The highest BCUT2D eigenvalue weighted by atomic mass is 35.5. The Labute approximate surface area is 122 Å². The summed E-state index contributed by atoms with van der Waals surface area (Å²) < 4.78 is 4.77. The summed E-state index contributed by atoms with van der Waals surface area (Å²) in [5.74, 6) is -0.373. The molecule has 4 heteroatoms. The lowest BCUT2D eigenvalue weighted by molar-refractivity contribution is 0.0600. The Balaban J connectivity index is 2.39. The summed E-state index contributed by atoms with van der Waals surface area (Å²) in [6, 6.07) is 9.18. The number of rotatable bonds is 3. The van der Waals surface area contributed by atoms with E-state index < -0.39 is 0 Å². The van der Waals surface area contributed by atoms with Crippen molar-refractivity contribution in [2.45, 2.75) is 6.92 Å². The molecule has 1 aromatic carbocycles. The molecule has 0 aliphatic rings. The second-order valence-electron chi connectivity index (χ2n) is 4.29. The molecule has 0 atom stereocenters. The molecule has 2 rings (SSSR count). The van der Waals surface area contributed by atoms with Gasteiger partial charge >= 0.3 is 5.97 Å². The van der Waals surface area contributed by atoms with Gasteiger partial charge in [-0.3, -0.25) is 4.98 Å². The minimum atomic E-state index is -0.373. The van der Waals surface area contributed by atoms with E-state index in [9.17, 15) is 4.79 Å². The van der Waals surface area contributed by atoms with Crippen molar-refractivity contribution in [2.24, 2.45) is 0 Å². The Hall–Kier alpha value is -2.13. The van der Waals surface area contributed by atoms with Gasteiger partial charge in [0.05, 0.1) is 12.7 Å². The van der Waals surface area contributed by atoms with Gasteiger partial charge in [-0.25, -0.2) is 4.79 Å². The third-order valence-electron chi connectivity index (χ3n) is 2.93. The molecule has 0 saturated heterocycles. The van der Waals surface area contributed by atoms with Crippen molar-refractivity contribution < 1.29 is 9.53 Å². The first-order valence-electron chi connectivity index (χ1n) is 6.08. The Morgan fingerprint density at radius 3 is 2.60 bits per heavy atom. The summed E-state index contributed by atoms with van der Waals surface area (Å²) in [4.78, 5) is 15.7. The van der Waals surface area contributed by atoms with Crippen LogP contribution < -0.4 is 0 Å². The molecule has 0 aliphatic carbocycles. The lowest BCUT2D eigenvalue weighted by Crippen LogP contribution is -2.04. The van der Waals surface area contributed by atoms with Crippen LogP contribution in [0.2, 0.25) is 5.02 Å². The molecule has 0 bridgehead atoms. The van der Waals surface area contributed by atoms with Gasteiger partial charge in [-0.2, -0.15) is 0 Å². The standard InChI is InChI=1S/C16H14ClNO2/c1-11(12-3-5-14(17)6-4-12)9-13-10-18-8-7-15(13)16(19)20-2/h3-10H,1-2H3/b11-9+. The lowest BCUT2D eigenvalue weighted by atomic mass is 10.0. The van der Waals surface area contributed by atoms with Gasteiger partial charge in [0.1, 0.15) is 0 Å². The molecule has 20 heavy (non-hydrogen) atoms. The summed E-state index contributed by atoms with van der Waals surface area (Å²) >= 11 is 5.87. The zero-order valence-electron chi connectivity index (χ0n) is 11.3. The van der Waals surface area contributed by atoms with Gasteiger partial charge in [-0.15, -0.1) is 0 Å². The van der Waals surface area contributed by atoms with Gasteiger partial charge in [-0.05, 0) is 42.3 Å². The van der Waals surface area contributed by atoms with Crippen LogP contribution in [0.15, 0.2) is 42.7 Å². The minimum Gasteiger partial charge on any atom is -0.465 e. The first-order valence-corrected chi connectivity index (χ1v) is 6.46. The van der Waals surface area contributed by atoms with Crippen LogP contribution in [-0.4, -0.2) is 18.1 Å². The molecule has 1 heterocycles. The maximum absolute atomic E-state index is 11.7. The Morgan fingerprint density at radius 1 is 1.25 bits per heavy atom. The molecular formula is C16H14ClNO2. The van der Waals surface area contributed by atoms with Crippen molar-refractivity contribution in [3.05, 3.63) is 64.4 Å². The fourth-order valence-corrected chi connectivity index (χ4v) is 1.97. The van der Waals surface area contributed by atoms with Crippen molar-refractivity contribution in [2.75, 3.05) is 7.11 Å². The van der Waals surface area contributed by atoms with E-state index in [0.717, 1.165) is 16.7 Å². The number of benzene rings is 1. The molecule has 1 aromatic heterocycles. The normalized spacial score (nSPS) is 11.2. The number of carbonyl (C=O) groups excluding carboxylic acids is 1. The smallest absolute Gasteiger partial charge is 0.338 e. The monoisotopic (exact) mass is 287 g/mol. The number of halogens is 1. The van der Waals surface area contributed by atoms with Crippen LogP contribution in [0.1, 0.15) is 28.4 Å². The number of allylic oxidation sites excluding steroid dienone is 1. The molecule has 0 unspecified atom stereocenters. The average Bonchev–Trinajstić information content (AvgIpc) is 2.47. The quantitative estimate of drug-likeness (QED) is 0.799. The number of ether oxygens (including phenoxy) is 1. The summed E-state index contributed by atoms with van der Waals surface area (Å²) in [5.41, 5.74) is 3.27. The van der Waals surface area contributed by atoms with Crippen molar-refractivity contribution in [1.29, 1.82) is 0 Å². The van der Waals surface area contributed by atoms with Crippen LogP contribution in [0.4, 0.5) is 0 Å². The summed E-state index contributed by atoms with van der Waals surface area (Å²) in [5, 5.41) is 0.693. The molecule has 0 radical (unpaired) electrons. The Morgan fingerprint density at radius 2 is 1.95 bits per heavy atom. The van der Waals surface area contributed by atoms with E-state index >= 15 is 0 Å². The molecule has 0 aliphatic heterocycles. The van der Waals surface area contributed by atoms with Gasteiger partial charge < -0.3 is 4.74 Å². The zero-order chi connectivity index (χ0) is 14.5. The van der Waals surface area contributed by atoms with E-state index in [-0.39, 0.29) is 5.97 Å². The minimum absolute atomic E-state index is 0.373. The molecule has 0 amide bonds. The van der Waals surface area contributed by atoms with E-state index in [4.69, 9.17) is 16.3 Å². The topological polar surface area (TPSA) is 39.2 Å². The molecule has 102 valence electrons. The van der Waals surface area contributed by atoms with Crippen molar-refractivity contribution >= 4 is 29.2 Å². The molecule has 0 fully saturated rings. The molecule has 0 spiro atoms. The molecular weight excluding hydrogens is 274 g/mol. The lowest BCUT2D eigenvalue weighted by Gasteiger charge is -2.06. The Kier molecular flexibility index (Phi) is 4.53. The van der Waals surface area contributed by atoms with Gasteiger partial charge in [0.25, 0.3) is 0 Å². The highest BCUT2D eigenvalue weighted by molar-refractivity contribution is 6.30. The summed E-state index contributed by atoms with van der Waals surface area (Å²) in [7, 11) is 1.36. The van der Waals surface area contributed by atoms with Crippen LogP contribution in [0, 0.1) is 0 Å². The number of nitrogens with zero attached hydrogens (tertiary/aromatic N) is 1. The number of aromatic nitrogens is 1. The van der Waals surface area contributed by atoms with E-state index in [1.54, 1.807) is 18.5 Å². The molecule has 0 saturated carbocycles. The number of hydrogen-bond acceptors (Lipinski definition) is 3. The van der Waals surface area contributed by atoms with Gasteiger partial charge in [0.15, 0.2) is 0 Å². The van der Waals surface area contributed by atoms with E-state index in [1.165, 1.54) is 7.11 Å². The number of carbonyl (C=O) groups is 1. The average molecular weight is 288 g/mol. The molecule has 3 nitrogen and oxygen atoms in total. The fourth-order valence-electron chi connectivity index (χ4n) is 1.85. The van der Waals surface area contributed by atoms with Crippen LogP contribution >= 0.6 is 11.6 Å². The van der Waals surface area contributed by atoms with E-state index in [0.29, 0.717) is 10.6 Å². The summed E-state index contributed by atoms with van der Waals surface area (Å²) in [6.07, 6.45) is 5.12. The highest BCUT2D eigenvalue weighted by Gasteiger charge is 2.10. The first kappa shape index (κ1) is 14.3. The largest absolute Gasteiger partial charge is 0.465 e. The third kappa shape index (κ3) is 3.25. The fraction of sp³-hybridized carbons (Fsp3) is 0.125. The van der Waals surface area contributed by atoms with Crippen molar-refractivity contribution in [3.8, 4) is 0 Å². The zero-order valence-corrected chi connectivity index (χ0v) is 12.0. The van der Waals surface area contributed by atoms with Gasteiger partial charge in [-0.1, -0.05) is 23.7 Å². The van der Waals surface area contributed by atoms with Gasteiger partial charge in [0.2, 0.25) is 0 Å². The van der Waals surface area contributed by atoms with Gasteiger partial charge in [0, 0.05) is 23.0 Å². The predicted octanol–water partition coefficient (Wildman–Crippen LogP) is 4.08.